The van der Waals surface area contributed by atoms with Crippen LogP contribution in [0.2, 0.25) is 0 Å². The smallest absolute Gasteiger partial charge is 0.305 e. The minimum Gasteiger partial charge on any atom is -0.481 e. The van der Waals surface area contributed by atoms with Gasteiger partial charge in [0.05, 0.1) is 40.6 Å². The van der Waals surface area contributed by atoms with Gasteiger partial charge in [0.2, 0.25) is 0 Å². The predicted octanol–water partition coefficient (Wildman–Crippen LogP) is 3.74. The first kappa shape index (κ1) is 21.6. The van der Waals surface area contributed by atoms with Crippen molar-refractivity contribution in [3.63, 3.8) is 0 Å². The zero-order chi connectivity index (χ0) is 23.5. The quantitative estimate of drug-likeness (QED) is 0.335. The topological polar surface area (TPSA) is 131 Å². The molecule has 0 bridgehead atoms. The second-order valence-corrected chi connectivity index (χ2v) is 7.34. The molecule has 3 aromatic rings. The van der Waals surface area contributed by atoms with Crippen LogP contribution in [0.3, 0.4) is 0 Å². The van der Waals surface area contributed by atoms with Crippen molar-refractivity contribution in [3.05, 3.63) is 82.0 Å². The lowest BCUT2D eigenvalue weighted by Gasteiger charge is -2.11. The Morgan fingerprint density at radius 1 is 1.18 bits per heavy atom. The molecule has 166 valence electrons. The first-order chi connectivity index (χ1) is 15.8. The van der Waals surface area contributed by atoms with Crippen molar-refractivity contribution in [1.29, 1.82) is 0 Å². The van der Waals surface area contributed by atoms with Crippen LogP contribution in [0.15, 0.2) is 71.5 Å². The van der Waals surface area contributed by atoms with Gasteiger partial charge in [0.1, 0.15) is 0 Å². The number of carboxylic acid groups (broad SMARTS) is 1. The van der Waals surface area contributed by atoms with Gasteiger partial charge in [0.25, 0.3) is 11.6 Å². The summed E-state index contributed by atoms with van der Waals surface area (Å²) in [6.45, 7) is 1.83. The predicted molar refractivity (Wildman–Crippen MR) is 122 cm³/mol. The van der Waals surface area contributed by atoms with E-state index in [-0.39, 0.29) is 24.6 Å². The van der Waals surface area contributed by atoms with Crippen molar-refractivity contribution in [2.75, 3.05) is 5.01 Å². The van der Waals surface area contributed by atoms with Gasteiger partial charge in [-0.15, -0.1) is 0 Å². The number of benzene rings is 2. The van der Waals surface area contributed by atoms with Crippen LogP contribution in [0.5, 0.6) is 0 Å². The number of aryl methyl sites for hydroxylation is 1. The maximum Gasteiger partial charge on any atom is 0.305 e. The number of non-ortho nitro benzene ring substituents is 1. The van der Waals surface area contributed by atoms with Crippen LogP contribution in [0, 0.1) is 10.1 Å². The largest absolute Gasteiger partial charge is 0.481 e. The third-order valence-electron chi connectivity index (χ3n) is 5.04. The number of carbonyl (C=O) groups excluding carboxylic acids is 1. The van der Waals surface area contributed by atoms with Gasteiger partial charge in [-0.1, -0.05) is 30.3 Å². The Labute approximate surface area is 188 Å². The number of amides is 1. The van der Waals surface area contributed by atoms with E-state index >= 15 is 0 Å². The third-order valence-corrected chi connectivity index (χ3v) is 5.04. The van der Waals surface area contributed by atoms with Gasteiger partial charge < -0.3 is 5.11 Å². The maximum absolute atomic E-state index is 13.1. The summed E-state index contributed by atoms with van der Waals surface area (Å²) in [5.74, 6) is -1.29. The zero-order valence-electron chi connectivity index (χ0n) is 17.6. The van der Waals surface area contributed by atoms with Crippen LogP contribution in [0.1, 0.15) is 18.9 Å². The van der Waals surface area contributed by atoms with Crippen LogP contribution in [-0.2, 0) is 16.1 Å². The first-order valence-corrected chi connectivity index (χ1v) is 10.0. The summed E-state index contributed by atoms with van der Waals surface area (Å²) in [6, 6.07) is 15.0. The molecule has 2 heterocycles. The van der Waals surface area contributed by atoms with Crippen molar-refractivity contribution in [1.82, 2.24) is 9.78 Å². The Hall–Kier alpha value is -4.60. The number of hydrogen-bond donors (Lipinski definition) is 1. The van der Waals surface area contributed by atoms with E-state index in [1.807, 2.05) is 18.2 Å². The van der Waals surface area contributed by atoms with E-state index in [1.54, 1.807) is 43.5 Å². The summed E-state index contributed by atoms with van der Waals surface area (Å²) >= 11 is 0. The third kappa shape index (κ3) is 4.54. The van der Waals surface area contributed by atoms with Crippen LogP contribution in [0.4, 0.5) is 11.4 Å². The molecule has 0 unspecified atom stereocenters. The summed E-state index contributed by atoms with van der Waals surface area (Å²) in [7, 11) is 0. The SMILES string of the molecule is CC1=NN(c2ccccc2)C(=O)/C1=C\c1cn(CCC(=O)O)nc1-c1cccc([N+](=O)[O-])c1. The number of aliphatic carboxylic acids is 1. The average Bonchev–Trinajstić information content (AvgIpc) is 3.34. The van der Waals surface area contributed by atoms with Crippen LogP contribution >= 0.6 is 0 Å². The molecule has 33 heavy (non-hydrogen) atoms. The molecule has 1 N–H and O–H groups in total. The molecule has 10 nitrogen and oxygen atoms in total. The summed E-state index contributed by atoms with van der Waals surface area (Å²) in [6.07, 6.45) is 3.10. The Balaban J connectivity index is 1.76. The van der Waals surface area contributed by atoms with Crippen molar-refractivity contribution >= 4 is 35.0 Å². The highest BCUT2D eigenvalue weighted by Gasteiger charge is 2.29. The summed E-state index contributed by atoms with van der Waals surface area (Å²) in [4.78, 5) is 34.8. The van der Waals surface area contributed by atoms with Crippen molar-refractivity contribution < 1.29 is 19.6 Å². The minimum atomic E-state index is -0.977. The number of nitro benzene ring substituents is 1. The molecule has 0 aliphatic carbocycles. The van der Waals surface area contributed by atoms with Gasteiger partial charge in [-0.25, -0.2) is 0 Å². The molecule has 1 aliphatic heterocycles. The molecule has 1 aromatic heterocycles. The number of anilines is 1. The molecule has 1 amide bonds. The summed E-state index contributed by atoms with van der Waals surface area (Å²) < 4.78 is 1.45. The van der Waals surface area contributed by atoms with Gasteiger partial charge in [-0.05, 0) is 25.1 Å². The number of rotatable bonds is 7. The van der Waals surface area contributed by atoms with Crippen molar-refractivity contribution in [3.8, 4) is 11.3 Å². The molecule has 10 heteroatoms. The van der Waals surface area contributed by atoms with E-state index in [0.29, 0.717) is 33.8 Å². The van der Waals surface area contributed by atoms with Gasteiger partial charge in [-0.3, -0.25) is 24.4 Å². The number of aromatic nitrogens is 2. The molecule has 0 saturated heterocycles. The molecule has 0 fully saturated rings. The normalized spacial score (nSPS) is 14.6. The highest BCUT2D eigenvalue weighted by Crippen LogP contribution is 2.30. The second-order valence-electron chi connectivity index (χ2n) is 7.34. The van der Waals surface area contributed by atoms with Gasteiger partial charge in [-0.2, -0.15) is 15.2 Å². The lowest BCUT2D eigenvalue weighted by molar-refractivity contribution is -0.384. The number of para-hydroxylation sites is 1. The highest BCUT2D eigenvalue weighted by atomic mass is 16.6. The molecule has 0 spiro atoms. The highest BCUT2D eigenvalue weighted by molar-refractivity contribution is 6.32. The number of nitrogens with zero attached hydrogens (tertiary/aromatic N) is 5. The monoisotopic (exact) mass is 445 g/mol. The fourth-order valence-electron chi connectivity index (χ4n) is 3.44. The van der Waals surface area contributed by atoms with Crippen molar-refractivity contribution in [2.45, 2.75) is 19.9 Å². The number of carbonyl (C=O) groups is 2. The van der Waals surface area contributed by atoms with Gasteiger partial charge in [0.15, 0.2) is 0 Å². The van der Waals surface area contributed by atoms with Gasteiger partial charge >= 0.3 is 5.97 Å². The lowest BCUT2D eigenvalue weighted by atomic mass is 10.0. The number of carboxylic acids is 1. The number of hydrogen-bond acceptors (Lipinski definition) is 6. The molecule has 2 aromatic carbocycles. The fraction of sp³-hybridized carbons (Fsp3) is 0.130. The zero-order valence-corrected chi connectivity index (χ0v) is 17.6. The summed E-state index contributed by atoms with van der Waals surface area (Å²) in [5, 5.41) is 30.3. The van der Waals surface area contributed by atoms with Crippen LogP contribution in [0.25, 0.3) is 17.3 Å². The van der Waals surface area contributed by atoms with E-state index in [9.17, 15) is 19.7 Å². The molecular formula is C23H19N5O5. The van der Waals surface area contributed by atoms with E-state index in [4.69, 9.17) is 5.11 Å². The first-order valence-electron chi connectivity index (χ1n) is 10.0. The Kier molecular flexibility index (Phi) is 5.81. The fourth-order valence-corrected chi connectivity index (χ4v) is 3.44. The lowest BCUT2D eigenvalue weighted by Crippen LogP contribution is -2.21. The summed E-state index contributed by atoms with van der Waals surface area (Å²) in [5.41, 5.74) is 2.78. The number of nitro groups is 1. The van der Waals surface area contributed by atoms with Crippen LogP contribution in [-0.4, -0.2) is 37.4 Å². The molecular weight excluding hydrogens is 426 g/mol. The molecule has 0 saturated carbocycles. The van der Waals surface area contributed by atoms with Gasteiger partial charge in [0, 0.05) is 29.5 Å². The van der Waals surface area contributed by atoms with E-state index in [1.165, 1.54) is 21.8 Å². The van der Waals surface area contributed by atoms with E-state index in [0.717, 1.165) is 0 Å². The Morgan fingerprint density at radius 2 is 1.94 bits per heavy atom. The molecule has 0 radical (unpaired) electrons. The molecule has 1 aliphatic rings. The van der Waals surface area contributed by atoms with Crippen LogP contribution < -0.4 is 5.01 Å². The number of hydrazone groups is 1. The molecule has 4 rings (SSSR count). The van der Waals surface area contributed by atoms with E-state index < -0.39 is 10.9 Å². The molecule has 0 atom stereocenters. The Bertz CT molecular complexity index is 1310. The second kappa shape index (κ2) is 8.87. The van der Waals surface area contributed by atoms with Crippen molar-refractivity contribution in [2.24, 2.45) is 5.10 Å². The maximum atomic E-state index is 13.1. The average molecular weight is 445 g/mol. The minimum absolute atomic E-state index is 0.101. The van der Waals surface area contributed by atoms with E-state index in [2.05, 4.69) is 10.2 Å². The Morgan fingerprint density at radius 3 is 2.64 bits per heavy atom. The standard InChI is InChI=1S/C23H19N5O5/c1-15-20(23(31)27(24-15)18-7-3-2-4-8-18)13-17-14-26(11-10-21(29)30)25-22(17)16-6-5-9-19(12-16)28(32)33/h2-9,12-14H,10-11H2,1H3,(H,29,30)/b20-13-.